The van der Waals surface area contributed by atoms with Gasteiger partial charge in [-0.2, -0.15) is 0 Å². The quantitative estimate of drug-likeness (QED) is 0.138. The molecule has 4 aromatic rings. The predicted molar refractivity (Wildman–Crippen MR) is 177 cm³/mol. The van der Waals surface area contributed by atoms with E-state index in [1.54, 1.807) is 0 Å². The van der Waals surface area contributed by atoms with E-state index in [1.807, 2.05) is 0 Å². The summed E-state index contributed by atoms with van der Waals surface area (Å²) in [5.74, 6) is 0. The second-order valence-corrected chi connectivity index (χ2v) is 16.9. The smallest absolute Gasteiger partial charge is 0.110 e. The van der Waals surface area contributed by atoms with Crippen LogP contribution in [0.3, 0.4) is 0 Å². The topological polar surface area (TPSA) is 13.0 Å². The fraction of sp³-hybridized carbons (Fsp3) is 0.448. The molecule has 0 N–H and O–H groups in total. The van der Waals surface area contributed by atoms with E-state index < -0.39 is 0 Å². The van der Waals surface area contributed by atoms with Crippen molar-refractivity contribution >= 4 is 66.0 Å². The minimum atomic E-state index is -0.0928. The summed E-state index contributed by atoms with van der Waals surface area (Å²) in [6, 6.07) is 20.5. The molecule has 38 heavy (non-hydrogen) atoms. The van der Waals surface area contributed by atoms with E-state index in [0.717, 1.165) is 32.3 Å². The van der Waals surface area contributed by atoms with Crippen molar-refractivity contribution in [2.45, 2.75) is 6.54 Å². The molecule has 0 bridgehead atoms. The van der Waals surface area contributed by atoms with Crippen molar-refractivity contribution in [3.05, 3.63) is 60.2 Å². The molecule has 208 valence electrons. The first kappa shape index (κ1) is 30.9. The summed E-state index contributed by atoms with van der Waals surface area (Å²) < 4.78 is 0. The van der Waals surface area contributed by atoms with Crippen LogP contribution in [0.15, 0.2) is 54.6 Å². The minimum Gasteiger partial charge on any atom is -0.299 e. The van der Waals surface area contributed by atoms with Crippen LogP contribution < -0.4 is 0 Å². The third-order valence-electron chi connectivity index (χ3n) is 7.29. The average Bonchev–Trinajstić information content (AvgIpc) is 2.86. The Balaban J connectivity index is 0.000000238. The molecule has 0 aliphatic carbocycles. The van der Waals surface area contributed by atoms with Crippen molar-refractivity contribution in [1.82, 2.24) is 19.6 Å². The van der Waals surface area contributed by atoms with Crippen molar-refractivity contribution in [1.29, 1.82) is 0 Å². The Labute approximate surface area is 246 Å². The third-order valence-corrected chi connectivity index (χ3v) is 13.8. The van der Waals surface area contributed by atoms with Gasteiger partial charge in [0, 0.05) is 75.3 Å². The van der Waals surface area contributed by atoms with Crippen molar-refractivity contribution < 1.29 is 16.5 Å². The van der Waals surface area contributed by atoms with Crippen LogP contribution in [0.25, 0.3) is 32.3 Å². The van der Waals surface area contributed by atoms with Crippen LogP contribution in [0, 0.1) is 0 Å². The predicted octanol–water partition coefficient (Wildman–Crippen LogP) is 6.73. The Morgan fingerprint density at radius 2 is 1.13 bits per heavy atom. The number of benzene rings is 4. The third kappa shape index (κ3) is 7.83. The van der Waals surface area contributed by atoms with Gasteiger partial charge in [-0.1, -0.05) is 80.3 Å². The van der Waals surface area contributed by atoms with E-state index in [4.69, 9.17) is 0 Å². The van der Waals surface area contributed by atoms with E-state index in [0.29, 0.717) is 0 Å². The van der Waals surface area contributed by atoms with Crippen LogP contribution in [0.4, 0.5) is 0 Å². The Hall–Kier alpha value is -0.0265. The molecule has 2 aliphatic heterocycles. The molecule has 2 atom stereocenters. The molecule has 9 heteroatoms. The van der Waals surface area contributed by atoms with Gasteiger partial charge in [0.2, 0.25) is 0 Å². The van der Waals surface area contributed by atoms with E-state index in [2.05, 4.69) is 102 Å². The van der Waals surface area contributed by atoms with Crippen LogP contribution in [-0.2, 0) is 23.0 Å². The Morgan fingerprint density at radius 1 is 0.632 bits per heavy atom. The summed E-state index contributed by atoms with van der Waals surface area (Å²) in [5.41, 5.74) is 1.49. The molecular weight excluding hydrogens is 587 g/mol. The first-order valence-corrected chi connectivity index (χ1v) is 20.0. The van der Waals surface area contributed by atoms with Crippen LogP contribution in [0.1, 0.15) is 5.56 Å². The zero-order valence-corrected chi connectivity index (χ0v) is 28.2. The molecule has 2 unspecified atom stereocenters. The molecule has 2 fully saturated rings. The maximum atomic E-state index is 2.68. The van der Waals surface area contributed by atoms with E-state index in [1.165, 1.54) is 88.2 Å². The number of hydrogen-bond acceptors (Lipinski definition) is 4. The van der Waals surface area contributed by atoms with Gasteiger partial charge in [-0.15, -0.1) is 0 Å². The maximum Gasteiger partial charge on any atom is 0.110 e. The zero-order chi connectivity index (χ0) is 25.8. The Kier molecular flexibility index (Phi) is 12.0. The van der Waals surface area contributed by atoms with Gasteiger partial charge in [0.05, 0.1) is 0 Å². The van der Waals surface area contributed by atoms with Gasteiger partial charge in [-0.25, -0.2) is 0 Å². The molecule has 4 nitrogen and oxygen atoms in total. The summed E-state index contributed by atoms with van der Waals surface area (Å²) in [7, 11) is 9.82. The van der Waals surface area contributed by atoms with Gasteiger partial charge < -0.3 is 0 Å². The molecule has 4 aromatic carbocycles. The monoisotopic (exact) mass is 629 g/mol. The maximum absolute atomic E-state index is 2.68. The van der Waals surface area contributed by atoms with Gasteiger partial charge in [-0.3, -0.25) is 19.6 Å². The van der Waals surface area contributed by atoms with Crippen LogP contribution >= 0.6 is 33.7 Å². The molecule has 2 aliphatic rings. The second-order valence-electron chi connectivity index (χ2n) is 10.9. The SMILES string of the molecule is CN1CPCN(C)C[PH+](C)C1.CN1CPCN(Cc2ccc3ccc4cccc5ccc2c3c45)CPC1.[Ni]. The van der Waals surface area contributed by atoms with E-state index in [-0.39, 0.29) is 24.4 Å². The molecular formula is C29H43N4NiP4+. The number of rotatable bonds is 2. The Morgan fingerprint density at radius 3 is 1.76 bits per heavy atom. The van der Waals surface area contributed by atoms with Crippen molar-refractivity contribution in [3.63, 3.8) is 0 Å². The van der Waals surface area contributed by atoms with Crippen molar-refractivity contribution in [2.24, 2.45) is 0 Å². The van der Waals surface area contributed by atoms with Crippen LogP contribution in [0.2, 0.25) is 0 Å². The van der Waals surface area contributed by atoms with Crippen molar-refractivity contribution in [2.75, 3.05) is 78.1 Å². The van der Waals surface area contributed by atoms with Gasteiger partial charge in [0.25, 0.3) is 0 Å². The molecule has 0 spiro atoms. The fourth-order valence-electron chi connectivity index (χ4n) is 5.71. The normalized spacial score (nSPS) is 23.2. The van der Waals surface area contributed by atoms with Crippen LogP contribution in [-0.4, -0.2) is 97.7 Å². The van der Waals surface area contributed by atoms with E-state index >= 15 is 0 Å². The average molecular weight is 630 g/mol. The second kappa shape index (κ2) is 14.7. The largest absolute Gasteiger partial charge is 0.299 e. The summed E-state index contributed by atoms with van der Waals surface area (Å²) in [4.78, 5) is 10.2. The summed E-state index contributed by atoms with van der Waals surface area (Å²) in [6.07, 6.45) is 10.3. The number of hydrogen-bond donors (Lipinski definition) is 0. The molecule has 2 saturated heterocycles. The van der Waals surface area contributed by atoms with Crippen molar-refractivity contribution in [3.8, 4) is 0 Å². The van der Waals surface area contributed by atoms with E-state index in [9.17, 15) is 0 Å². The molecule has 0 amide bonds. The first-order valence-electron chi connectivity index (χ1n) is 13.3. The van der Waals surface area contributed by atoms with Gasteiger partial charge in [0.15, 0.2) is 0 Å². The number of nitrogens with zero attached hydrogens (tertiary/aromatic N) is 4. The van der Waals surface area contributed by atoms with Crippen LogP contribution in [0.5, 0.6) is 0 Å². The van der Waals surface area contributed by atoms with Gasteiger partial charge in [-0.05, 0) is 59.0 Å². The summed E-state index contributed by atoms with van der Waals surface area (Å²) in [5, 5.41) is 8.41. The first-order chi connectivity index (χ1) is 18.0. The molecule has 0 aromatic heterocycles. The molecule has 2 heterocycles. The van der Waals surface area contributed by atoms with Gasteiger partial charge in [0.1, 0.15) is 12.6 Å². The summed E-state index contributed by atoms with van der Waals surface area (Å²) >= 11 is 0. The fourth-order valence-corrected chi connectivity index (χ4v) is 12.1. The molecule has 6 rings (SSSR count). The molecule has 0 saturated carbocycles. The van der Waals surface area contributed by atoms with Gasteiger partial charge >= 0.3 is 0 Å². The molecule has 0 radical (unpaired) electrons. The zero-order valence-electron chi connectivity index (χ0n) is 23.2. The summed E-state index contributed by atoms with van der Waals surface area (Å²) in [6.45, 7) is 3.52. The minimum absolute atomic E-state index is 0. The standard InChI is InChI=1S/C22H24N2P2.C7H18N2P2.Ni/c1-23-12-25-14-24(15-26-13-23)11-19-8-7-18-6-5-16-3-2-4-17-9-10-20(19)22(18)21(16)17;1-8-4-10-5-9(2)7-11(3)6-8;/h2-10,25-26H,11-15H2,1H3;10H,4-7H2,1-3H3;/p+1. The Bertz CT molecular complexity index is 1270.